The summed E-state index contributed by atoms with van der Waals surface area (Å²) in [7, 11) is 0. The lowest BCUT2D eigenvalue weighted by Gasteiger charge is -2.12. The topological polar surface area (TPSA) is 33.6 Å². The van der Waals surface area contributed by atoms with Gasteiger partial charge in [-0.15, -0.1) is 0 Å². The number of benzene rings is 2. The van der Waals surface area contributed by atoms with Gasteiger partial charge >= 0.3 is 0 Å². The molecule has 0 radical (unpaired) electrons. The first-order valence-electron chi connectivity index (χ1n) is 7.86. The second kappa shape index (κ2) is 6.13. The van der Waals surface area contributed by atoms with Crippen LogP contribution >= 0.6 is 12.2 Å². The van der Waals surface area contributed by atoms with Crippen molar-refractivity contribution in [1.29, 1.82) is 0 Å². The van der Waals surface area contributed by atoms with E-state index in [0.29, 0.717) is 4.77 Å². The lowest BCUT2D eigenvalue weighted by Crippen LogP contribution is -2.00. The summed E-state index contributed by atoms with van der Waals surface area (Å²) in [6.45, 7) is 8.50. The van der Waals surface area contributed by atoms with Crippen LogP contribution in [0.1, 0.15) is 29.2 Å². The number of hydrogen-bond donors (Lipinski definition) is 1. The molecule has 0 spiro atoms. The second-order valence-corrected chi connectivity index (χ2v) is 6.35. The van der Waals surface area contributed by atoms with Crippen molar-refractivity contribution in [3.05, 3.63) is 63.4 Å². The Balaban J connectivity index is 2.24. The Morgan fingerprint density at radius 3 is 2.43 bits per heavy atom. The Morgan fingerprint density at radius 2 is 1.74 bits per heavy atom. The van der Waals surface area contributed by atoms with Crippen LogP contribution in [-0.4, -0.2) is 14.8 Å². The molecule has 0 fully saturated rings. The van der Waals surface area contributed by atoms with E-state index >= 15 is 0 Å². The monoisotopic (exact) mass is 323 g/mol. The third kappa shape index (κ3) is 2.86. The van der Waals surface area contributed by atoms with Crippen molar-refractivity contribution in [3.63, 3.8) is 0 Å². The van der Waals surface area contributed by atoms with Gasteiger partial charge in [0.2, 0.25) is 0 Å². The summed E-state index contributed by atoms with van der Waals surface area (Å²) in [5.74, 6) is 0.867. The van der Waals surface area contributed by atoms with E-state index in [1.54, 1.807) is 0 Å². The lowest BCUT2D eigenvalue weighted by molar-refractivity contribution is 1.03. The van der Waals surface area contributed by atoms with E-state index < -0.39 is 0 Å². The van der Waals surface area contributed by atoms with E-state index in [4.69, 9.17) is 12.2 Å². The fourth-order valence-electron chi connectivity index (χ4n) is 2.71. The first-order chi connectivity index (χ1) is 11.0. The summed E-state index contributed by atoms with van der Waals surface area (Å²) in [4.78, 5) is 0. The van der Waals surface area contributed by atoms with Crippen molar-refractivity contribution >= 4 is 12.2 Å². The normalized spacial score (nSPS) is 11.0. The zero-order chi connectivity index (χ0) is 16.6. The minimum Gasteiger partial charge on any atom is -0.268 e. The molecule has 0 amide bonds. The summed E-state index contributed by atoms with van der Waals surface area (Å²) < 4.78 is 2.63. The van der Waals surface area contributed by atoms with Crippen LogP contribution in [0.2, 0.25) is 0 Å². The number of hydrogen-bond acceptors (Lipinski definition) is 2. The molecule has 0 bridgehead atoms. The highest BCUT2D eigenvalue weighted by atomic mass is 32.1. The van der Waals surface area contributed by atoms with Gasteiger partial charge in [0.15, 0.2) is 10.6 Å². The molecule has 118 valence electrons. The molecular formula is C19H21N3S. The predicted molar refractivity (Wildman–Crippen MR) is 97.8 cm³/mol. The Morgan fingerprint density at radius 1 is 1.00 bits per heavy atom. The van der Waals surface area contributed by atoms with Crippen molar-refractivity contribution in [2.24, 2.45) is 0 Å². The molecule has 3 aromatic rings. The minimum absolute atomic E-state index is 0.615. The van der Waals surface area contributed by atoms with E-state index in [9.17, 15) is 0 Å². The van der Waals surface area contributed by atoms with Crippen LogP contribution in [0.5, 0.6) is 0 Å². The zero-order valence-electron chi connectivity index (χ0n) is 14.0. The number of H-pyrrole nitrogens is 1. The predicted octanol–water partition coefficient (Wildman–Crippen LogP) is 5.08. The maximum atomic E-state index is 5.48. The maximum Gasteiger partial charge on any atom is 0.200 e. The number of aryl methyl sites for hydroxylation is 4. The van der Waals surface area contributed by atoms with Gasteiger partial charge in [0.1, 0.15) is 0 Å². The van der Waals surface area contributed by atoms with Crippen LogP contribution in [0.4, 0.5) is 0 Å². The Kier molecular flexibility index (Phi) is 4.18. The average molecular weight is 323 g/mol. The Bertz CT molecular complexity index is 919. The largest absolute Gasteiger partial charge is 0.268 e. The highest BCUT2D eigenvalue weighted by molar-refractivity contribution is 7.71. The summed E-state index contributed by atoms with van der Waals surface area (Å²) in [6.07, 6.45) is 1.00. The van der Waals surface area contributed by atoms with Gasteiger partial charge in [-0.1, -0.05) is 25.1 Å². The van der Waals surface area contributed by atoms with Crippen molar-refractivity contribution in [1.82, 2.24) is 14.8 Å². The fraction of sp³-hybridized carbons (Fsp3) is 0.263. The highest BCUT2D eigenvalue weighted by Crippen LogP contribution is 2.26. The first kappa shape index (κ1) is 15.7. The minimum atomic E-state index is 0.615. The molecule has 3 nitrogen and oxygen atoms in total. The van der Waals surface area contributed by atoms with E-state index in [0.717, 1.165) is 23.5 Å². The Hall–Kier alpha value is -2.20. The molecule has 0 unspecified atom stereocenters. The van der Waals surface area contributed by atoms with Gasteiger partial charge in [-0.2, -0.15) is 5.10 Å². The number of aromatic nitrogens is 3. The van der Waals surface area contributed by atoms with Gasteiger partial charge in [-0.25, -0.2) is 0 Å². The molecular weight excluding hydrogens is 302 g/mol. The van der Waals surface area contributed by atoms with Crippen LogP contribution in [0.25, 0.3) is 17.1 Å². The molecule has 3 rings (SSSR count). The number of rotatable bonds is 3. The highest BCUT2D eigenvalue weighted by Gasteiger charge is 2.13. The molecule has 23 heavy (non-hydrogen) atoms. The molecule has 0 aliphatic heterocycles. The molecule has 1 aromatic heterocycles. The summed E-state index contributed by atoms with van der Waals surface area (Å²) in [5, 5.41) is 7.45. The van der Waals surface area contributed by atoms with Crippen molar-refractivity contribution in [2.45, 2.75) is 34.1 Å². The van der Waals surface area contributed by atoms with Crippen molar-refractivity contribution in [3.8, 4) is 17.1 Å². The van der Waals surface area contributed by atoms with Crippen LogP contribution in [-0.2, 0) is 6.42 Å². The van der Waals surface area contributed by atoms with Crippen LogP contribution < -0.4 is 0 Å². The van der Waals surface area contributed by atoms with Gasteiger partial charge in [-0.05, 0) is 79.9 Å². The molecule has 1 N–H and O–H groups in total. The van der Waals surface area contributed by atoms with Crippen molar-refractivity contribution in [2.75, 3.05) is 0 Å². The van der Waals surface area contributed by atoms with Gasteiger partial charge in [0.25, 0.3) is 0 Å². The third-order valence-corrected chi connectivity index (χ3v) is 4.65. The zero-order valence-corrected chi connectivity index (χ0v) is 14.8. The third-order valence-electron chi connectivity index (χ3n) is 4.37. The van der Waals surface area contributed by atoms with Gasteiger partial charge in [-0.3, -0.25) is 9.67 Å². The first-order valence-corrected chi connectivity index (χ1v) is 8.27. The fourth-order valence-corrected chi connectivity index (χ4v) is 2.95. The molecule has 4 heteroatoms. The molecule has 0 atom stereocenters. The summed E-state index contributed by atoms with van der Waals surface area (Å²) >= 11 is 5.48. The summed E-state index contributed by atoms with van der Waals surface area (Å²) in [6, 6.07) is 12.9. The number of aromatic amines is 1. The van der Waals surface area contributed by atoms with Crippen LogP contribution in [0.3, 0.4) is 0 Å². The lowest BCUT2D eigenvalue weighted by atomic mass is 10.0. The number of nitrogens with one attached hydrogen (secondary N) is 1. The van der Waals surface area contributed by atoms with E-state index in [2.05, 4.69) is 74.3 Å². The maximum absolute atomic E-state index is 5.48. The van der Waals surface area contributed by atoms with E-state index in [1.165, 1.54) is 22.3 Å². The second-order valence-electron chi connectivity index (χ2n) is 5.96. The molecule has 0 aliphatic carbocycles. The van der Waals surface area contributed by atoms with Gasteiger partial charge in [0, 0.05) is 5.56 Å². The molecule has 0 saturated carbocycles. The Labute approximate surface area is 142 Å². The van der Waals surface area contributed by atoms with Crippen LogP contribution in [0.15, 0.2) is 36.4 Å². The quantitative estimate of drug-likeness (QED) is 0.682. The number of nitrogens with zero attached hydrogens (tertiary/aromatic N) is 2. The van der Waals surface area contributed by atoms with Crippen molar-refractivity contribution < 1.29 is 0 Å². The van der Waals surface area contributed by atoms with Gasteiger partial charge in [0.05, 0.1) is 5.69 Å². The molecule has 0 saturated heterocycles. The standard InChI is InChI=1S/C19H21N3S/c1-5-15-8-6-13(3)17(11-15)18-20-21-19(23)22(18)16-9-7-12(2)14(4)10-16/h6-11H,5H2,1-4H3,(H,21,23). The van der Waals surface area contributed by atoms with E-state index in [1.807, 2.05) is 4.57 Å². The van der Waals surface area contributed by atoms with Crippen LogP contribution in [0, 0.1) is 25.5 Å². The SMILES string of the molecule is CCc1ccc(C)c(-c2n[nH]c(=S)n2-c2ccc(C)c(C)c2)c1. The molecule has 1 heterocycles. The van der Waals surface area contributed by atoms with Gasteiger partial charge < -0.3 is 0 Å². The van der Waals surface area contributed by atoms with E-state index in [-0.39, 0.29) is 0 Å². The molecule has 0 aliphatic rings. The summed E-state index contributed by atoms with van der Waals surface area (Å²) in [5.41, 5.74) is 7.18. The smallest absolute Gasteiger partial charge is 0.200 e. The molecule has 2 aromatic carbocycles. The average Bonchev–Trinajstić information content (AvgIpc) is 2.92.